The summed E-state index contributed by atoms with van der Waals surface area (Å²) in [5.74, 6) is -0.00489. The van der Waals surface area contributed by atoms with E-state index < -0.39 is 0 Å². The number of nitrogens with one attached hydrogen (secondary N) is 1. The van der Waals surface area contributed by atoms with Crippen molar-refractivity contribution in [1.29, 1.82) is 0 Å². The number of amides is 2. The smallest absolute Gasteiger partial charge is 0.227 e. The molecule has 0 aliphatic carbocycles. The summed E-state index contributed by atoms with van der Waals surface area (Å²) in [5, 5.41) is 3.51. The van der Waals surface area contributed by atoms with E-state index in [9.17, 15) is 9.59 Å². The lowest BCUT2D eigenvalue weighted by Crippen LogP contribution is -2.34. The Kier molecular flexibility index (Phi) is 5.36. The number of aryl methyl sites for hydroxylation is 1. The van der Waals surface area contributed by atoms with Crippen LogP contribution in [0, 0.1) is 0 Å². The largest absolute Gasteiger partial charge is 0.330 e. The van der Waals surface area contributed by atoms with E-state index >= 15 is 0 Å². The molecular weight excluding hydrogens is 338 g/mol. The third kappa shape index (κ3) is 4.18. The first-order chi connectivity index (χ1) is 12.1. The van der Waals surface area contributed by atoms with Gasteiger partial charge < -0.3 is 16.0 Å². The van der Waals surface area contributed by atoms with Gasteiger partial charge in [0, 0.05) is 35.8 Å². The van der Waals surface area contributed by atoms with Gasteiger partial charge in [-0.3, -0.25) is 9.59 Å². The minimum Gasteiger partial charge on any atom is -0.330 e. The molecule has 2 aromatic rings. The molecule has 2 aromatic carbocycles. The summed E-state index contributed by atoms with van der Waals surface area (Å²) in [6.07, 6.45) is 1.42. The van der Waals surface area contributed by atoms with Crippen molar-refractivity contribution in [2.75, 3.05) is 16.8 Å². The van der Waals surface area contributed by atoms with Gasteiger partial charge in [0.1, 0.15) is 0 Å². The maximum Gasteiger partial charge on any atom is 0.227 e. The van der Waals surface area contributed by atoms with Gasteiger partial charge in [0.05, 0.1) is 6.54 Å². The van der Waals surface area contributed by atoms with Crippen LogP contribution in [0.4, 0.5) is 11.4 Å². The zero-order chi connectivity index (χ0) is 17.8. The van der Waals surface area contributed by atoms with Crippen molar-refractivity contribution in [3.63, 3.8) is 0 Å². The lowest BCUT2D eigenvalue weighted by Gasteiger charge is -2.30. The normalized spacial score (nSPS) is 13.5. The second kappa shape index (κ2) is 7.68. The van der Waals surface area contributed by atoms with E-state index in [1.807, 2.05) is 42.5 Å². The van der Waals surface area contributed by atoms with E-state index in [1.165, 1.54) is 0 Å². The summed E-state index contributed by atoms with van der Waals surface area (Å²) < 4.78 is 0. The number of hydrogen-bond acceptors (Lipinski definition) is 3. The van der Waals surface area contributed by atoms with Crippen LogP contribution in [-0.4, -0.2) is 18.4 Å². The molecule has 3 N–H and O–H groups in total. The van der Waals surface area contributed by atoms with Crippen LogP contribution < -0.4 is 16.0 Å². The Morgan fingerprint density at radius 1 is 1.16 bits per heavy atom. The molecule has 0 unspecified atom stereocenters. The predicted octanol–water partition coefficient (Wildman–Crippen LogP) is 3.11. The Morgan fingerprint density at radius 3 is 2.64 bits per heavy atom. The number of nitrogens with zero attached hydrogens (tertiary/aromatic N) is 1. The van der Waals surface area contributed by atoms with Crippen molar-refractivity contribution >= 4 is 34.8 Å². The van der Waals surface area contributed by atoms with Crippen LogP contribution in [0.5, 0.6) is 0 Å². The van der Waals surface area contributed by atoms with Crippen LogP contribution in [0.15, 0.2) is 42.5 Å². The van der Waals surface area contributed by atoms with Crippen molar-refractivity contribution in [2.24, 2.45) is 5.73 Å². The molecule has 1 heterocycles. The van der Waals surface area contributed by atoms with Gasteiger partial charge >= 0.3 is 0 Å². The number of carbonyl (C=O) groups is 2. The monoisotopic (exact) mass is 357 g/mol. The Morgan fingerprint density at radius 2 is 1.92 bits per heavy atom. The second-order valence-electron chi connectivity index (χ2n) is 6.04. The molecule has 3 rings (SSSR count). The van der Waals surface area contributed by atoms with Crippen LogP contribution in [-0.2, 0) is 22.6 Å². The Balaban J connectivity index is 1.82. The van der Waals surface area contributed by atoms with Gasteiger partial charge in [-0.15, -0.1) is 0 Å². The van der Waals surface area contributed by atoms with Gasteiger partial charge in [-0.25, -0.2) is 0 Å². The molecule has 0 aromatic heterocycles. The van der Waals surface area contributed by atoms with E-state index in [2.05, 4.69) is 5.32 Å². The predicted molar refractivity (Wildman–Crippen MR) is 99.7 cm³/mol. The lowest BCUT2D eigenvalue weighted by molar-refractivity contribution is -0.119. The molecule has 0 fully saturated rings. The zero-order valence-electron chi connectivity index (χ0n) is 13.8. The molecule has 0 spiro atoms. The third-order valence-electron chi connectivity index (χ3n) is 4.19. The van der Waals surface area contributed by atoms with Gasteiger partial charge in [-0.05, 0) is 47.9 Å². The summed E-state index contributed by atoms with van der Waals surface area (Å²) in [4.78, 5) is 25.9. The molecule has 1 aliphatic heterocycles. The number of benzene rings is 2. The van der Waals surface area contributed by atoms with Crippen LogP contribution >= 0.6 is 11.6 Å². The average molecular weight is 358 g/mol. The van der Waals surface area contributed by atoms with Crippen molar-refractivity contribution in [2.45, 2.75) is 25.8 Å². The van der Waals surface area contributed by atoms with Crippen molar-refractivity contribution in [3.8, 4) is 0 Å². The minimum atomic E-state index is -0.104. The van der Waals surface area contributed by atoms with Crippen LogP contribution in [0.2, 0.25) is 5.02 Å². The average Bonchev–Trinajstić information content (AvgIpc) is 2.59. The Bertz CT molecular complexity index is 790. The van der Waals surface area contributed by atoms with Gasteiger partial charge in [0.15, 0.2) is 0 Å². The van der Waals surface area contributed by atoms with Gasteiger partial charge in [0.2, 0.25) is 11.8 Å². The third-order valence-corrected chi connectivity index (χ3v) is 4.44. The number of hydrogen-bond donors (Lipinski definition) is 2. The summed E-state index contributed by atoms with van der Waals surface area (Å²) >= 11 is 5.92. The molecule has 130 valence electrons. The summed E-state index contributed by atoms with van der Waals surface area (Å²) in [6, 6.07) is 13.1. The molecule has 6 heteroatoms. The molecule has 5 nitrogen and oxygen atoms in total. The molecular formula is C19H20ClN3O2. The highest BCUT2D eigenvalue weighted by Crippen LogP contribution is 2.31. The summed E-state index contributed by atoms with van der Waals surface area (Å²) in [5.41, 5.74) is 9.10. The fourth-order valence-corrected chi connectivity index (χ4v) is 3.06. The van der Waals surface area contributed by atoms with E-state index in [0.29, 0.717) is 31.0 Å². The van der Waals surface area contributed by atoms with Crippen LogP contribution in [0.3, 0.4) is 0 Å². The van der Waals surface area contributed by atoms with Crippen LogP contribution in [0.25, 0.3) is 0 Å². The first-order valence-electron chi connectivity index (χ1n) is 8.24. The molecule has 0 saturated heterocycles. The first kappa shape index (κ1) is 17.5. The van der Waals surface area contributed by atoms with E-state index in [1.54, 1.807) is 4.90 Å². The number of anilines is 2. The summed E-state index contributed by atoms with van der Waals surface area (Å²) in [7, 11) is 0. The van der Waals surface area contributed by atoms with E-state index in [4.69, 9.17) is 17.3 Å². The fraction of sp³-hybridized carbons (Fsp3) is 0.263. The second-order valence-corrected chi connectivity index (χ2v) is 6.47. The van der Waals surface area contributed by atoms with Crippen molar-refractivity contribution < 1.29 is 9.59 Å². The van der Waals surface area contributed by atoms with Crippen LogP contribution in [0.1, 0.15) is 24.0 Å². The highest BCUT2D eigenvalue weighted by molar-refractivity contribution is 6.30. The topological polar surface area (TPSA) is 75.4 Å². The van der Waals surface area contributed by atoms with Gasteiger partial charge in [-0.2, -0.15) is 0 Å². The maximum atomic E-state index is 12.4. The maximum absolute atomic E-state index is 12.4. The number of halogens is 1. The van der Waals surface area contributed by atoms with Crippen molar-refractivity contribution in [3.05, 3.63) is 58.6 Å². The molecule has 0 saturated carbocycles. The number of rotatable bonds is 5. The lowest BCUT2D eigenvalue weighted by atomic mass is 9.99. The quantitative estimate of drug-likeness (QED) is 0.863. The van der Waals surface area contributed by atoms with Gasteiger partial charge in [-0.1, -0.05) is 23.7 Å². The number of fused-ring (bicyclic) bond motifs is 1. The highest BCUT2D eigenvalue weighted by atomic mass is 35.5. The first-order valence-corrected chi connectivity index (χ1v) is 8.62. The fourth-order valence-electron chi connectivity index (χ4n) is 2.94. The van der Waals surface area contributed by atoms with Gasteiger partial charge in [0.25, 0.3) is 0 Å². The molecule has 0 radical (unpaired) electrons. The van der Waals surface area contributed by atoms with Crippen molar-refractivity contribution in [1.82, 2.24) is 0 Å². The zero-order valence-corrected chi connectivity index (χ0v) is 14.6. The van der Waals surface area contributed by atoms with E-state index in [0.717, 1.165) is 22.5 Å². The molecule has 2 amide bonds. The molecule has 0 bridgehead atoms. The number of carbonyl (C=O) groups excluding carboxylic acids is 2. The minimum absolute atomic E-state index is 0.0994. The Hall–Kier alpha value is -2.37. The molecule has 0 atom stereocenters. The molecule has 25 heavy (non-hydrogen) atoms. The highest BCUT2D eigenvalue weighted by Gasteiger charge is 2.24. The SMILES string of the molecule is NCCC(=O)Nc1ccc2c(c1)CCC(=O)N2Cc1ccc(Cl)cc1. The summed E-state index contributed by atoms with van der Waals surface area (Å²) in [6.45, 7) is 0.821. The Labute approximate surface area is 151 Å². The number of nitrogens with two attached hydrogens (primary N) is 1. The standard InChI is InChI=1S/C19H20ClN3O2/c20-15-4-1-13(2-5-15)12-23-17-7-6-16(22-18(24)9-10-21)11-14(17)3-8-19(23)25/h1-2,4-7,11H,3,8-10,12,21H2,(H,22,24). The van der Waals surface area contributed by atoms with E-state index in [-0.39, 0.29) is 18.2 Å². The molecule has 1 aliphatic rings.